The van der Waals surface area contributed by atoms with Crippen molar-refractivity contribution < 1.29 is 34.1 Å². The highest BCUT2D eigenvalue weighted by Gasteiger charge is 2.25. The molecule has 0 aliphatic carbocycles. The van der Waals surface area contributed by atoms with Crippen molar-refractivity contribution in [1.29, 1.82) is 0 Å². The van der Waals surface area contributed by atoms with Gasteiger partial charge in [0.1, 0.15) is 13.1 Å². The highest BCUT2D eigenvalue weighted by Crippen LogP contribution is 2.44. The van der Waals surface area contributed by atoms with Crippen molar-refractivity contribution in [2.24, 2.45) is 0 Å². The van der Waals surface area contributed by atoms with Gasteiger partial charge in [0.2, 0.25) is 0 Å². The molecule has 4 aromatic heterocycles. The van der Waals surface area contributed by atoms with Gasteiger partial charge in [0.05, 0.1) is 20.8 Å². The SMILES string of the molecule is O=C(CNC(=O)c1nc(-c2ccccc2)c2sc(-c3ccccc3)cc2c1O)OC(=O)CNC(=O)c1nc(-c2ccccc2)c2cc(-c3ccccc3)sc2c1O. The van der Waals surface area contributed by atoms with E-state index in [1.165, 1.54) is 22.7 Å². The predicted molar refractivity (Wildman–Crippen MR) is 220 cm³/mol. The monoisotopic (exact) mass is 790 g/mol. The standard InChI is InChI=1S/C44H30N4O7S2/c49-33(23-45-43(53)37-39(51)30-22-32(26-15-7-2-8-16-26)56-41(30)36(48-37)28-19-11-4-12-20-28)55-34(50)24-46-44(54)38-40(52)42-29(35(47-38)27-17-9-3-10-18-27)21-31(57-42)25-13-5-1-6-14-25/h1-22,51-52H,23-24H2,(H,45,53)(H,46,54). The van der Waals surface area contributed by atoms with Crippen LogP contribution in [0.5, 0.6) is 11.5 Å². The number of hydrogen-bond donors (Lipinski definition) is 4. The Morgan fingerprint density at radius 3 is 1.42 bits per heavy atom. The number of nitrogens with one attached hydrogen (secondary N) is 2. The maximum absolute atomic E-state index is 13.4. The van der Waals surface area contributed by atoms with Crippen LogP contribution in [-0.4, -0.2) is 57.0 Å². The number of benzene rings is 4. The maximum atomic E-state index is 13.4. The quantitative estimate of drug-likeness (QED) is 0.0788. The van der Waals surface area contributed by atoms with Gasteiger partial charge >= 0.3 is 11.9 Å². The number of carbonyl (C=O) groups excluding carboxylic acids is 4. The van der Waals surface area contributed by atoms with Crippen molar-refractivity contribution in [3.05, 3.63) is 145 Å². The highest BCUT2D eigenvalue weighted by molar-refractivity contribution is 7.23. The molecule has 2 amide bonds. The van der Waals surface area contributed by atoms with Crippen LogP contribution in [0.1, 0.15) is 21.0 Å². The molecule has 0 saturated heterocycles. The first kappa shape index (κ1) is 36.7. The maximum Gasteiger partial charge on any atom is 0.333 e. The summed E-state index contributed by atoms with van der Waals surface area (Å²) in [5.41, 5.74) is 3.61. The first-order chi connectivity index (χ1) is 27.7. The Kier molecular flexibility index (Phi) is 10.2. The van der Waals surface area contributed by atoms with Crippen molar-refractivity contribution in [3.8, 4) is 54.9 Å². The van der Waals surface area contributed by atoms with E-state index >= 15 is 0 Å². The second-order valence-electron chi connectivity index (χ2n) is 12.7. The molecule has 0 unspecified atom stereocenters. The third kappa shape index (κ3) is 7.57. The molecule has 8 rings (SSSR count). The summed E-state index contributed by atoms with van der Waals surface area (Å²) in [6, 6.07) is 41.3. The van der Waals surface area contributed by atoms with Crippen molar-refractivity contribution >= 4 is 66.6 Å². The molecule has 57 heavy (non-hydrogen) atoms. The van der Waals surface area contributed by atoms with E-state index in [4.69, 9.17) is 4.74 Å². The van der Waals surface area contributed by atoms with Crippen LogP contribution in [0.2, 0.25) is 0 Å². The summed E-state index contributed by atoms with van der Waals surface area (Å²) in [6.07, 6.45) is 0. The van der Waals surface area contributed by atoms with Crippen LogP contribution in [-0.2, 0) is 14.3 Å². The van der Waals surface area contributed by atoms with Crippen LogP contribution < -0.4 is 10.6 Å². The van der Waals surface area contributed by atoms with Crippen molar-refractivity contribution in [2.45, 2.75) is 0 Å². The molecule has 0 aliphatic heterocycles. The minimum atomic E-state index is -1.12. The fourth-order valence-electron chi connectivity index (χ4n) is 6.25. The van der Waals surface area contributed by atoms with E-state index in [-0.39, 0.29) is 22.9 Å². The van der Waals surface area contributed by atoms with Crippen LogP contribution in [0, 0.1) is 0 Å². The zero-order valence-corrected chi connectivity index (χ0v) is 31.4. The van der Waals surface area contributed by atoms with E-state index < -0.39 is 36.8 Å². The van der Waals surface area contributed by atoms with Gasteiger partial charge in [0, 0.05) is 31.7 Å². The van der Waals surface area contributed by atoms with Gasteiger partial charge in [-0.1, -0.05) is 121 Å². The first-order valence-electron chi connectivity index (χ1n) is 17.6. The number of aromatic nitrogens is 2. The van der Waals surface area contributed by atoms with Gasteiger partial charge in [-0.3, -0.25) is 9.59 Å². The number of pyridine rings is 2. The lowest BCUT2D eigenvalue weighted by atomic mass is 10.1. The molecule has 0 radical (unpaired) electrons. The fourth-order valence-corrected chi connectivity index (χ4v) is 8.53. The normalized spacial score (nSPS) is 11.0. The Labute approximate surface area is 332 Å². The van der Waals surface area contributed by atoms with E-state index in [0.29, 0.717) is 37.1 Å². The summed E-state index contributed by atoms with van der Waals surface area (Å²) in [7, 11) is 0. The molecule has 11 nitrogen and oxygen atoms in total. The van der Waals surface area contributed by atoms with Crippen LogP contribution >= 0.6 is 22.7 Å². The molecule has 0 aliphatic rings. The molecule has 0 spiro atoms. The van der Waals surface area contributed by atoms with Crippen molar-refractivity contribution in [3.63, 3.8) is 0 Å². The van der Waals surface area contributed by atoms with Crippen LogP contribution in [0.15, 0.2) is 133 Å². The summed E-state index contributed by atoms with van der Waals surface area (Å²) in [5.74, 6) is -4.69. The number of aromatic hydroxyl groups is 2. The Hall–Kier alpha value is -7.22. The number of ether oxygens (including phenoxy) is 1. The van der Waals surface area contributed by atoms with Gasteiger partial charge in [-0.05, 0) is 23.3 Å². The summed E-state index contributed by atoms with van der Waals surface area (Å²) in [5, 5.41) is 28.3. The number of amides is 2. The van der Waals surface area contributed by atoms with Crippen molar-refractivity contribution in [2.75, 3.05) is 13.1 Å². The molecular formula is C44H30N4O7S2. The Morgan fingerprint density at radius 2 is 0.912 bits per heavy atom. The molecule has 4 aromatic carbocycles. The number of carbonyl (C=O) groups is 4. The van der Waals surface area contributed by atoms with Crippen LogP contribution in [0.4, 0.5) is 0 Å². The molecular weight excluding hydrogens is 761 g/mol. The lowest BCUT2D eigenvalue weighted by Crippen LogP contribution is -2.36. The number of esters is 2. The number of nitrogens with zero attached hydrogens (tertiary/aromatic N) is 2. The van der Waals surface area contributed by atoms with E-state index in [1.807, 2.05) is 127 Å². The van der Waals surface area contributed by atoms with Crippen LogP contribution in [0.3, 0.4) is 0 Å². The van der Waals surface area contributed by atoms with E-state index in [1.54, 1.807) is 6.07 Å². The number of thiophene rings is 2. The molecule has 8 aromatic rings. The molecule has 4 N–H and O–H groups in total. The lowest BCUT2D eigenvalue weighted by molar-refractivity contribution is -0.158. The minimum absolute atomic E-state index is 0.310. The molecule has 0 atom stereocenters. The largest absolute Gasteiger partial charge is 0.505 e. The Morgan fingerprint density at radius 1 is 0.509 bits per heavy atom. The summed E-state index contributed by atoms with van der Waals surface area (Å²) >= 11 is 2.72. The summed E-state index contributed by atoms with van der Waals surface area (Å²) < 4.78 is 5.96. The first-order valence-corrected chi connectivity index (χ1v) is 19.2. The average Bonchev–Trinajstić information content (AvgIpc) is 3.91. The van der Waals surface area contributed by atoms with Gasteiger partial charge in [0.25, 0.3) is 11.8 Å². The third-order valence-electron chi connectivity index (χ3n) is 8.96. The second-order valence-corrected chi connectivity index (χ2v) is 14.8. The van der Waals surface area contributed by atoms with E-state index in [0.717, 1.165) is 26.4 Å². The molecule has 280 valence electrons. The molecule has 0 fully saturated rings. The molecule has 0 saturated carbocycles. The molecule has 13 heteroatoms. The van der Waals surface area contributed by atoms with Gasteiger partial charge in [-0.15, -0.1) is 22.7 Å². The van der Waals surface area contributed by atoms with Gasteiger partial charge in [-0.25, -0.2) is 19.6 Å². The summed E-state index contributed by atoms with van der Waals surface area (Å²) in [6.45, 7) is -1.47. The summed E-state index contributed by atoms with van der Waals surface area (Å²) in [4.78, 5) is 62.8. The zero-order chi connectivity index (χ0) is 39.5. The highest BCUT2D eigenvalue weighted by atomic mass is 32.1. The Bertz CT molecular complexity index is 2620. The third-order valence-corrected chi connectivity index (χ3v) is 11.3. The van der Waals surface area contributed by atoms with Gasteiger partial charge < -0.3 is 25.6 Å². The van der Waals surface area contributed by atoms with Gasteiger partial charge in [-0.2, -0.15) is 0 Å². The average molecular weight is 791 g/mol. The lowest BCUT2D eigenvalue weighted by Gasteiger charge is -2.11. The van der Waals surface area contributed by atoms with Crippen LogP contribution in [0.25, 0.3) is 63.6 Å². The molecule has 4 heterocycles. The van der Waals surface area contributed by atoms with E-state index in [9.17, 15) is 29.4 Å². The number of rotatable bonds is 10. The van der Waals surface area contributed by atoms with E-state index in [2.05, 4.69) is 20.6 Å². The Balaban J connectivity index is 0.957. The fraction of sp³-hybridized carbons (Fsp3) is 0.0455. The van der Waals surface area contributed by atoms with Crippen molar-refractivity contribution in [1.82, 2.24) is 20.6 Å². The second kappa shape index (κ2) is 15.9. The minimum Gasteiger partial charge on any atom is -0.505 e. The molecule has 0 bridgehead atoms. The zero-order valence-electron chi connectivity index (χ0n) is 29.8. The van der Waals surface area contributed by atoms with Gasteiger partial charge in [0.15, 0.2) is 22.9 Å². The predicted octanol–water partition coefficient (Wildman–Crippen LogP) is 8.21. The number of fused-ring (bicyclic) bond motifs is 2. The smallest absolute Gasteiger partial charge is 0.333 e. The topological polar surface area (TPSA) is 168 Å². The number of hydrogen-bond acceptors (Lipinski definition) is 11.